The normalized spacial score (nSPS) is 12.6. The van der Waals surface area contributed by atoms with Gasteiger partial charge >= 0.3 is 5.97 Å². The summed E-state index contributed by atoms with van der Waals surface area (Å²) in [5, 5.41) is 2.79. The van der Waals surface area contributed by atoms with E-state index >= 15 is 0 Å². The van der Waals surface area contributed by atoms with E-state index in [4.69, 9.17) is 9.15 Å². The first-order valence-corrected chi connectivity index (χ1v) is 8.55. The monoisotopic (exact) mass is 369 g/mol. The molecule has 0 unspecified atom stereocenters. The van der Waals surface area contributed by atoms with Crippen LogP contribution in [-0.2, 0) is 14.3 Å². The van der Waals surface area contributed by atoms with Gasteiger partial charge in [0.15, 0.2) is 6.10 Å². The number of carbonyl (C=O) groups is 3. The van der Waals surface area contributed by atoms with Crippen molar-refractivity contribution < 1.29 is 23.5 Å². The number of anilines is 1. The Labute approximate surface area is 158 Å². The summed E-state index contributed by atoms with van der Waals surface area (Å²) in [5.74, 6) is -0.573. The summed E-state index contributed by atoms with van der Waals surface area (Å²) in [6.45, 7) is 6.96. The Morgan fingerprint density at radius 2 is 1.78 bits per heavy atom. The third kappa shape index (κ3) is 5.95. The van der Waals surface area contributed by atoms with Gasteiger partial charge in [-0.1, -0.05) is 20.8 Å². The summed E-state index contributed by atoms with van der Waals surface area (Å²) in [6, 6.07) is 9.85. The van der Waals surface area contributed by atoms with Gasteiger partial charge in [0.05, 0.1) is 6.26 Å². The second-order valence-corrected chi connectivity index (χ2v) is 7.07. The molecule has 1 amide bonds. The van der Waals surface area contributed by atoms with Gasteiger partial charge in [-0.3, -0.25) is 9.59 Å². The molecular weight excluding hydrogens is 346 g/mol. The molecule has 0 spiro atoms. The Morgan fingerprint density at radius 1 is 1.11 bits per heavy atom. The highest BCUT2D eigenvalue weighted by molar-refractivity contribution is 6.01. The molecule has 1 aromatic heterocycles. The molecule has 0 aliphatic heterocycles. The minimum atomic E-state index is -0.936. The van der Waals surface area contributed by atoms with Gasteiger partial charge in [-0.15, -0.1) is 0 Å². The van der Waals surface area contributed by atoms with E-state index in [-0.39, 0.29) is 11.7 Å². The minimum Gasteiger partial charge on any atom is -0.465 e. The number of ketones is 1. The maximum absolute atomic E-state index is 12.4. The van der Waals surface area contributed by atoms with E-state index in [0.717, 1.165) is 0 Å². The summed E-state index contributed by atoms with van der Waals surface area (Å²) in [4.78, 5) is 36.2. The largest absolute Gasteiger partial charge is 0.465 e. The number of hydrogen-bond acceptors (Lipinski definition) is 5. The zero-order valence-corrected chi connectivity index (χ0v) is 15.8. The van der Waals surface area contributed by atoms with Crippen LogP contribution >= 0.6 is 0 Å². The van der Waals surface area contributed by atoms with Crippen LogP contribution in [0.4, 0.5) is 5.69 Å². The molecule has 2 rings (SSSR count). The third-order valence-electron chi connectivity index (χ3n) is 3.70. The van der Waals surface area contributed by atoms with Crippen molar-refractivity contribution in [3.05, 3.63) is 60.1 Å². The first kappa shape index (κ1) is 20.2. The lowest BCUT2D eigenvalue weighted by atomic mass is 9.95. The van der Waals surface area contributed by atoms with Gasteiger partial charge in [0, 0.05) is 22.7 Å². The Bertz CT molecular complexity index is 826. The Morgan fingerprint density at radius 3 is 2.33 bits per heavy atom. The van der Waals surface area contributed by atoms with Gasteiger partial charge in [0.1, 0.15) is 5.76 Å². The highest BCUT2D eigenvalue weighted by Gasteiger charge is 2.22. The average molecular weight is 369 g/mol. The summed E-state index contributed by atoms with van der Waals surface area (Å²) in [7, 11) is 0. The molecule has 2 aromatic rings. The molecule has 142 valence electrons. The Hall–Kier alpha value is -3.15. The van der Waals surface area contributed by atoms with Crippen LogP contribution in [0.15, 0.2) is 53.2 Å². The SMILES string of the molecule is C[C@@H](OC(=O)/C=C/c1ccco1)C(=O)c1ccc(NC(=O)C(C)(C)C)cc1. The van der Waals surface area contributed by atoms with Gasteiger partial charge in [0.2, 0.25) is 11.7 Å². The maximum atomic E-state index is 12.4. The van der Waals surface area contributed by atoms with E-state index in [0.29, 0.717) is 17.0 Å². The molecule has 0 aliphatic carbocycles. The van der Waals surface area contributed by atoms with Gasteiger partial charge in [0.25, 0.3) is 0 Å². The zero-order chi connectivity index (χ0) is 20.0. The molecule has 6 nitrogen and oxygen atoms in total. The highest BCUT2D eigenvalue weighted by Crippen LogP contribution is 2.18. The molecule has 1 heterocycles. The number of hydrogen-bond donors (Lipinski definition) is 1. The van der Waals surface area contributed by atoms with E-state index in [9.17, 15) is 14.4 Å². The molecule has 0 aliphatic rings. The van der Waals surface area contributed by atoms with E-state index in [1.165, 1.54) is 25.3 Å². The predicted molar refractivity (Wildman–Crippen MR) is 102 cm³/mol. The zero-order valence-electron chi connectivity index (χ0n) is 15.8. The highest BCUT2D eigenvalue weighted by atomic mass is 16.5. The van der Waals surface area contributed by atoms with Crippen molar-refractivity contribution in [1.82, 2.24) is 0 Å². The molecule has 0 saturated carbocycles. The van der Waals surface area contributed by atoms with Crippen molar-refractivity contribution in [3.63, 3.8) is 0 Å². The van der Waals surface area contributed by atoms with Crippen molar-refractivity contribution in [2.45, 2.75) is 33.8 Å². The lowest BCUT2D eigenvalue weighted by Crippen LogP contribution is -2.27. The lowest BCUT2D eigenvalue weighted by molar-refractivity contribution is -0.140. The topological polar surface area (TPSA) is 85.6 Å². The van der Waals surface area contributed by atoms with Crippen LogP contribution in [0.25, 0.3) is 6.08 Å². The minimum absolute atomic E-state index is 0.118. The van der Waals surface area contributed by atoms with Crippen LogP contribution in [0.2, 0.25) is 0 Å². The standard InChI is InChI=1S/C21H23NO5/c1-14(27-18(23)12-11-17-6-5-13-26-17)19(24)15-7-9-16(10-8-15)22-20(25)21(2,3)4/h5-14H,1-4H3,(H,22,25)/b12-11+/t14-/m1/s1. The number of esters is 1. The van der Waals surface area contributed by atoms with Crippen molar-refractivity contribution in [3.8, 4) is 0 Å². The van der Waals surface area contributed by atoms with Crippen LogP contribution in [-0.4, -0.2) is 23.8 Å². The second kappa shape index (κ2) is 8.49. The summed E-state index contributed by atoms with van der Waals surface area (Å²) in [6.07, 6.45) is 3.22. The van der Waals surface area contributed by atoms with Crippen molar-refractivity contribution >= 4 is 29.4 Å². The summed E-state index contributed by atoms with van der Waals surface area (Å²) in [5.41, 5.74) is 0.469. The van der Waals surface area contributed by atoms with E-state index in [2.05, 4.69) is 5.32 Å². The smallest absolute Gasteiger partial charge is 0.331 e. The lowest BCUT2D eigenvalue weighted by Gasteiger charge is -2.18. The molecule has 1 atom stereocenters. The van der Waals surface area contributed by atoms with Crippen LogP contribution < -0.4 is 5.32 Å². The Kier molecular flexibility index (Phi) is 6.34. The molecule has 0 saturated heterocycles. The molecule has 0 radical (unpaired) electrons. The van der Waals surface area contributed by atoms with Gasteiger partial charge < -0.3 is 14.5 Å². The van der Waals surface area contributed by atoms with Gasteiger partial charge in [-0.2, -0.15) is 0 Å². The fraction of sp³-hybridized carbons (Fsp3) is 0.286. The number of nitrogens with one attached hydrogen (secondary N) is 1. The van der Waals surface area contributed by atoms with Crippen LogP contribution in [0.3, 0.4) is 0 Å². The predicted octanol–water partition coefficient (Wildman–Crippen LogP) is 4.09. The van der Waals surface area contributed by atoms with Crippen molar-refractivity contribution in [1.29, 1.82) is 0 Å². The molecule has 6 heteroatoms. The van der Waals surface area contributed by atoms with Gasteiger partial charge in [-0.25, -0.2) is 4.79 Å². The number of benzene rings is 1. The van der Waals surface area contributed by atoms with Crippen molar-refractivity contribution in [2.75, 3.05) is 5.32 Å². The molecule has 27 heavy (non-hydrogen) atoms. The molecule has 0 bridgehead atoms. The molecule has 1 aromatic carbocycles. The summed E-state index contributed by atoms with van der Waals surface area (Å²) >= 11 is 0. The molecular formula is C21H23NO5. The van der Waals surface area contributed by atoms with Gasteiger partial charge in [-0.05, 0) is 49.4 Å². The second-order valence-electron chi connectivity index (χ2n) is 7.07. The summed E-state index contributed by atoms with van der Waals surface area (Å²) < 4.78 is 10.2. The van der Waals surface area contributed by atoms with E-state index < -0.39 is 17.5 Å². The number of Topliss-reactive ketones (excluding diaryl/α,β-unsaturated/α-hetero) is 1. The van der Waals surface area contributed by atoms with Crippen LogP contribution in [0, 0.1) is 5.41 Å². The number of amides is 1. The third-order valence-corrected chi connectivity index (χ3v) is 3.70. The number of furan rings is 1. The number of rotatable bonds is 6. The quantitative estimate of drug-likeness (QED) is 0.471. The van der Waals surface area contributed by atoms with Crippen molar-refractivity contribution in [2.24, 2.45) is 5.41 Å². The van der Waals surface area contributed by atoms with Crippen LogP contribution in [0.5, 0.6) is 0 Å². The first-order chi connectivity index (χ1) is 12.7. The van der Waals surface area contributed by atoms with Crippen LogP contribution in [0.1, 0.15) is 43.8 Å². The number of ether oxygens (including phenoxy) is 1. The van der Waals surface area contributed by atoms with E-state index in [1.54, 1.807) is 36.4 Å². The molecule has 0 fully saturated rings. The first-order valence-electron chi connectivity index (χ1n) is 8.55. The molecule has 1 N–H and O–H groups in total. The van der Waals surface area contributed by atoms with E-state index in [1.807, 2.05) is 20.8 Å². The Balaban J connectivity index is 1.94. The average Bonchev–Trinajstić information content (AvgIpc) is 3.12. The number of carbonyl (C=O) groups excluding carboxylic acids is 3. The maximum Gasteiger partial charge on any atom is 0.331 e. The fourth-order valence-corrected chi connectivity index (χ4v) is 2.07. The fourth-order valence-electron chi connectivity index (χ4n) is 2.07.